The smallest absolute Gasteiger partial charge is 0.0645 e. The first kappa shape index (κ1) is 13.5. The Bertz CT molecular complexity index is 718. The zero-order valence-corrected chi connectivity index (χ0v) is 12.2. The summed E-state index contributed by atoms with van der Waals surface area (Å²) in [5.41, 5.74) is 4.57. The number of pyridine rings is 1. The number of aryl methyl sites for hydroxylation is 1. The maximum Gasteiger partial charge on any atom is 0.0645 e. The monoisotopic (exact) mass is 278 g/mol. The number of benzene rings is 1. The second-order valence-corrected chi connectivity index (χ2v) is 5.01. The molecule has 106 valence electrons. The van der Waals surface area contributed by atoms with Gasteiger partial charge in [-0.3, -0.25) is 4.98 Å². The summed E-state index contributed by atoms with van der Waals surface area (Å²) in [6.45, 7) is 2.10. The highest BCUT2D eigenvalue weighted by molar-refractivity contribution is 5.36. The van der Waals surface area contributed by atoms with Crippen molar-refractivity contribution in [2.24, 2.45) is 0 Å². The van der Waals surface area contributed by atoms with Crippen LogP contribution in [0.5, 0.6) is 0 Å². The first-order chi connectivity index (χ1) is 10.3. The third kappa shape index (κ3) is 2.71. The van der Waals surface area contributed by atoms with E-state index in [4.69, 9.17) is 0 Å². The van der Waals surface area contributed by atoms with Crippen LogP contribution < -0.4 is 5.32 Å². The van der Waals surface area contributed by atoms with Crippen molar-refractivity contribution in [3.63, 3.8) is 0 Å². The molecule has 0 radical (unpaired) electrons. The fourth-order valence-electron chi connectivity index (χ4n) is 2.49. The summed E-state index contributed by atoms with van der Waals surface area (Å²) >= 11 is 0. The molecule has 21 heavy (non-hydrogen) atoms. The van der Waals surface area contributed by atoms with E-state index in [-0.39, 0.29) is 6.04 Å². The highest BCUT2D eigenvalue weighted by atomic mass is 15.3. The van der Waals surface area contributed by atoms with Crippen LogP contribution in [0.15, 0.2) is 61.2 Å². The number of para-hydroxylation sites is 1. The molecule has 0 aliphatic rings. The summed E-state index contributed by atoms with van der Waals surface area (Å²) in [4.78, 5) is 4.24. The van der Waals surface area contributed by atoms with Crippen molar-refractivity contribution in [3.8, 4) is 5.69 Å². The summed E-state index contributed by atoms with van der Waals surface area (Å²) in [6, 6.07) is 12.2. The standard InChI is InChI=1S/C17H18N4/c1-13-8-9-19-11-16(13)17(18-2)14-10-20-21(12-14)15-6-4-3-5-7-15/h3-12,17-18H,1-2H3. The van der Waals surface area contributed by atoms with Gasteiger partial charge in [0.2, 0.25) is 0 Å². The molecule has 0 aliphatic heterocycles. The van der Waals surface area contributed by atoms with Crippen molar-refractivity contribution in [1.82, 2.24) is 20.1 Å². The molecule has 2 heterocycles. The molecule has 1 unspecified atom stereocenters. The second kappa shape index (κ2) is 5.89. The normalized spacial score (nSPS) is 12.3. The number of hydrogen-bond donors (Lipinski definition) is 1. The van der Waals surface area contributed by atoms with Crippen molar-refractivity contribution in [3.05, 3.63) is 77.9 Å². The molecule has 0 bridgehead atoms. The van der Waals surface area contributed by atoms with Crippen LogP contribution >= 0.6 is 0 Å². The summed E-state index contributed by atoms with van der Waals surface area (Å²) in [5, 5.41) is 7.81. The van der Waals surface area contributed by atoms with Gasteiger partial charge in [0.15, 0.2) is 0 Å². The Labute approximate surface area is 124 Å². The van der Waals surface area contributed by atoms with Crippen molar-refractivity contribution in [2.75, 3.05) is 7.05 Å². The fraction of sp³-hybridized carbons (Fsp3) is 0.176. The van der Waals surface area contributed by atoms with E-state index >= 15 is 0 Å². The van der Waals surface area contributed by atoms with E-state index in [0.717, 1.165) is 11.3 Å². The van der Waals surface area contributed by atoms with Crippen LogP contribution in [0.2, 0.25) is 0 Å². The fourth-order valence-corrected chi connectivity index (χ4v) is 2.49. The molecular formula is C17H18N4. The minimum Gasteiger partial charge on any atom is -0.309 e. The summed E-state index contributed by atoms with van der Waals surface area (Å²) in [7, 11) is 1.96. The second-order valence-electron chi connectivity index (χ2n) is 5.01. The highest BCUT2D eigenvalue weighted by Gasteiger charge is 2.16. The Hall–Kier alpha value is -2.46. The molecule has 4 nitrogen and oxygen atoms in total. The van der Waals surface area contributed by atoms with Crippen molar-refractivity contribution in [1.29, 1.82) is 0 Å². The van der Waals surface area contributed by atoms with Gasteiger partial charge in [0.1, 0.15) is 0 Å². The van der Waals surface area contributed by atoms with Gasteiger partial charge in [-0.05, 0) is 43.3 Å². The van der Waals surface area contributed by atoms with Crippen molar-refractivity contribution < 1.29 is 0 Å². The van der Waals surface area contributed by atoms with Gasteiger partial charge in [0, 0.05) is 24.2 Å². The third-order valence-electron chi connectivity index (χ3n) is 3.64. The first-order valence-electron chi connectivity index (χ1n) is 6.97. The van der Waals surface area contributed by atoms with E-state index in [2.05, 4.69) is 28.5 Å². The lowest BCUT2D eigenvalue weighted by Crippen LogP contribution is -2.18. The quantitative estimate of drug-likeness (QED) is 0.798. The maximum absolute atomic E-state index is 4.47. The number of hydrogen-bond acceptors (Lipinski definition) is 3. The predicted octanol–water partition coefficient (Wildman–Crippen LogP) is 2.88. The molecule has 3 rings (SSSR count). The minimum absolute atomic E-state index is 0.0937. The molecule has 0 saturated carbocycles. The number of rotatable bonds is 4. The number of nitrogens with zero attached hydrogens (tertiary/aromatic N) is 3. The molecule has 0 saturated heterocycles. The lowest BCUT2D eigenvalue weighted by molar-refractivity contribution is 0.684. The van der Waals surface area contributed by atoms with Gasteiger partial charge in [-0.15, -0.1) is 0 Å². The summed E-state index contributed by atoms with van der Waals surface area (Å²) in [6.07, 6.45) is 7.69. The van der Waals surface area contributed by atoms with Crippen molar-refractivity contribution in [2.45, 2.75) is 13.0 Å². The van der Waals surface area contributed by atoms with Crippen LogP contribution in [0.4, 0.5) is 0 Å². The minimum atomic E-state index is 0.0937. The molecule has 0 spiro atoms. The third-order valence-corrected chi connectivity index (χ3v) is 3.64. The molecule has 4 heteroatoms. The Morgan fingerprint density at radius 3 is 2.62 bits per heavy atom. The van der Waals surface area contributed by atoms with E-state index in [9.17, 15) is 0 Å². The molecule has 0 amide bonds. The van der Waals surface area contributed by atoms with Gasteiger partial charge in [-0.1, -0.05) is 18.2 Å². The average molecular weight is 278 g/mol. The Morgan fingerprint density at radius 2 is 1.90 bits per heavy atom. The topological polar surface area (TPSA) is 42.7 Å². The highest BCUT2D eigenvalue weighted by Crippen LogP contribution is 2.24. The van der Waals surface area contributed by atoms with Gasteiger partial charge >= 0.3 is 0 Å². The van der Waals surface area contributed by atoms with Gasteiger partial charge in [-0.25, -0.2) is 4.68 Å². The Kier molecular flexibility index (Phi) is 3.79. The Balaban J connectivity index is 1.96. The molecule has 1 atom stereocenters. The van der Waals surface area contributed by atoms with Crippen molar-refractivity contribution >= 4 is 0 Å². The van der Waals surface area contributed by atoms with Gasteiger partial charge in [0.25, 0.3) is 0 Å². The Morgan fingerprint density at radius 1 is 1.10 bits per heavy atom. The van der Waals surface area contributed by atoms with E-state index in [1.807, 2.05) is 66.7 Å². The average Bonchev–Trinajstić information content (AvgIpc) is 3.00. The molecule has 0 fully saturated rings. The largest absolute Gasteiger partial charge is 0.309 e. The van der Waals surface area contributed by atoms with Crippen LogP contribution in [-0.2, 0) is 0 Å². The van der Waals surface area contributed by atoms with E-state index < -0.39 is 0 Å². The van der Waals surface area contributed by atoms with Crippen LogP contribution in [0, 0.1) is 6.92 Å². The predicted molar refractivity (Wildman–Crippen MR) is 83.4 cm³/mol. The first-order valence-corrected chi connectivity index (χ1v) is 6.97. The molecule has 1 N–H and O–H groups in total. The maximum atomic E-state index is 4.47. The van der Waals surface area contributed by atoms with Crippen LogP contribution in [-0.4, -0.2) is 21.8 Å². The van der Waals surface area contributed by atoms with Gasteiger partial charge < -0.3 is 5.32 Å². The van der Waals surface area contributed by atoms with E-state index in [1.54, 1.807) is 0 Å². The molecule has 1 aromatic carbocycles. The van der Waals surface area contributed by atoms with Gasteiger partial charge in [-0.2, -0.15) is 5.10 Å². The van der Waals surface area contributed by atoms with Crippen LogP contribution in [0.25, 0.3) is 5.69 Å². The molecule has 2 aromatic heterocycles. The van der Waals surface area contributed by atoms with Gasteiger partial charge in [0.05, 0.1) is 17.9 Å². The van der Waals surface area contributed by atoms with E-state index in [1.165, 1.54) is 11.1 Å². The zero-order valence-electron chi connectivity index (χ0n) is 12.2. The summed E-state index contributed by atoms with van der Waals surface area (Å²) < 4.78 is 1.89. The number of nitrogens with one attached hydrogen (secondary N) is 1. The summed E-state index contributed by atoms with van der Waals surface area (Å²) in [5.74, 6) is 0. The van der Waals surface area contributed by atoms with Crippen LogP contribution in [0.3, 0.4) is 0 Å². The molecular weight excluding hydrogens is 260 g/mol. The number of aromatic nitrogens is 3. The molecule has 3 aromatic rings. The lowest BCUT2D eigenvalue weighted by atomic mass is 9.99. The molecule has 0 aliphatic carbocycles. The van der Waals surface area contributed by atoms with Crippen LogP contribution in [0.1, 0.15) is 22.7 Å². The lowest BCUT2D eigenvalue weighted by Gasteiger charge is -2.16. The van der Waals surface area contributed by atoms with E-state index in [0.29, 0.717) is 0 Å². The zero-order chi connectivity index (χ0) is 14.7. The SMILES string of the molecule is CNC(c1cnn(-c2ccccc2)c1)c1cnccc1C.